The third kappa shape index (κ3) is 11.9. The Labute approximate surface area is 126 Å². The maximum absolute atomic E-state index is 11.6. The molecule has 1 atom stereocenters. The van der Waals surface area contributed by atoms with E-state index in [-0.39, 0.29) is 24.3 Å². The number of carbonyl (C=O) groups is 3. The van der Waals surface area contributed by atoms with Gasteiger partial charge in [-0.05, 0) is 25.2 Å². The zero-order chi connectivity index (χ0) is 16.3. The molecule has 0 rings (SSSR count). The van der Waals surface area contributed by atoms with Gasteiger partial charge in [-0.3, -0.25) is 14.4 Å². The molecule has 0 fully saturated rings. The van der Waals surface area contributed by atoms with E-state index in [9.17, 15) is 14.4 Å². The summed E-state index contributed by atoms with van der Waals surface area (Å²) in [5.41, 5.74) is 0. The Morgan fingerprint density at radius 3 is 2.24 bits per heavy atom. The van der Waals surface area contributed by atoms with Crippen LogP contribution in [0.15, 0.2) is 0 Å². The smallest absolute Gasteiger partial charge is 0.308 e. The van der Waals surface area contributed by atoms with Gasteiger partial charge in [0.2, 0.25) is 11.8 Å². The Morgan fingerprint density at radius 1 is 1.05 bits per heavy atom. The molecule has 0 aromatic heterocycles. The van der Waals surface area contributed by atoms with Crippen molar-refractivity contribution < 1.29 is 19.5 Å². The average molecular weight is 300 g/mol. The highest BCUT2D eigenvalue weighted by atomic mass is 16.4. The van der Waals surface area contributed by atoms with Gasteiger partial charge in [0, 0.05) is 26.4 Å². The van der Waals surface area contributed by atoms with Gasteiger partial charge in [-0.2, -0.15) is 0 Å². The van der Waals surface area contributed by atoms with Crippen molar-refractivity contribution in [2.75, 3.05) is 13.1 Å². The van der Waals surface area contributed by atoms with Gasteiger partial charge in [-0.15, -0.1) is 0 Å². The summed E-state index contributed by atoms with van der Waals surface area (Å²) in [6, 6.07) is 0. The van der Waals surface area contributed by atoms with Crippen molar-refractivity contribution in [3.63, 3.8) is 0 Å². The normalized spacial score (nSPS) is 12.0. The lowest BCUT2D eigenvalue weighted by atomic mass is 9.97. The van der Waals surface area contributed by atoms with E-state index in [0.29, 0.717) is 19.4 Å². The van der Waals surface area contributed by atoms with Crippen LogP contribution in [0.2, 0.25) is 0 Å². The fraction of sp³-hybridized carbons (Fsp3) is 0.800. The van der Waals surface area contributed by atoms with Crippen LogP contribution >= 0.6 is 0 Å². The highest BCUT2D eigenvalue weighted by molar-refractivity contribution is 5.77. The lowest BCUT2D eigenvalue weighted by Crippen LogP contribution is -2.33. The van der Waals surface area contributed by atoms with Crippen LogP contribution in [0, 0.1) is 11.8 Å². The number of carbonyl (C=O) groups excluding carboxylic acids is 2. The molecule has 0 spiro atoms. The summed E-state index contributed by atoms with van der Waals surface area (Å²) in [7, 11) is 0. The van der Waals surface area contributed by atoms with Gasteiger partial charge >= 0.3 is 5.97 Å². The third-order valence-corrected chi connectivity index (χ3v) is 3.11. The van der Waals surface area contributed by atoms with Crippen molar-refractivity contribution in [1.82, 2.24) is 10.6 Å². The first-order valence-corrected chi connectivity index (χ1v) is 7.56. The van der Waals surface area contributed by atoms with Crippen LogP contribution < -0.4 is 10.6 Å². The molecule has 3 N–H and O–H groups in total. The molecule has 0 radical (unpaired) electrons. The number of carboxylic acid groups (broad SMARTS) is 1. The zero-order valence-corrected chi connectivity index (χ0v) is 13.3. The Hall–Kier alpha value is -1.59. The molecule has 122 valence electrons. The number of amides is 2. The number of unbranched alkanes of at least 4 members (excludes halogenated alkanes) is 2. The molecule has 21 heavy (non-hydrogen) atoms. The predicted octanol–water partition coefficient (Wildman–Crippen LogP) is 1.55. The largest absolute Gasteiger partial charge is 0.481 e. The van der Waals surface area contributed by atoms with Crippen molar-refractivity contribution in [1.29, 1.82) is 0 Å². The number of nitrogens with one attached hydrogen (secondary N) is 2. The molecule has 0 aromatic rings. The highest BCUT2D eigenvalue weighted by Gasteiger charge is 2.19. The summed E-state index contributed by atoms with van der Waals surface area (Å²) >= 11 is 0. The molecular formula is C15H28N2O4. The van der Waals surface area contributed by atoms with Gasteiger partial charge < -0.3 is 15.7 Å². The highest BCUT2D eigenvalue weighted by Crippen LogP contribution is 2.11. The molecule has 6 nitrogen and oxygen atoms in total. The second-order valence-corrected chi connectivity index (χ2v) is 5.76. The van der Waals surface area contributed by atoms with Crippen molar-refractivity contribution >= 4 is 17.8 Å². The molecule has 0 bridgehead atoms. The molecule has 6 heteroatoms. The van der Waals surface area contributed by atoms with E-state index in [1.807, 2.05) is 13.8 Å². The summed E-state index contributed by atoms with van der Waals surface area (Å²) in [4.78, 5) is 33.3. The van der Waals surface area contributed by atoms with Crippen LogP contribution in [0.25, 0.3) is 0 Å². The SMILES string of the molecule is CC(=O)NCCCCCC(=O)NCC(CC(C)C)C(=O)O. The number of hydrogen-bond donors (Lipinski definition) is 3. The monoisotopic (exact) mass is 300 g/mol. The molecule has 0 heterocycles. The standard InChI is InChI=1S/C15H28N2O4/c1-11(2)9-13(15(20)21)10-17-14(19)7-5-4-6-8-16-12(3)18/h11,13H,4-10H2,1-3H3,(H,16,18)(H,17,19)(H,20,21). The molecule has 0 aliphatic heterocycles. The second kappa shape index (κ2) is 11.1. The zero-order valence-electron chi connectivity index (χ0n) is 13.3. The number of rotatable bonds is 11. The minimum absolute atomic E-state index is 0.0439. The summed E-state index contributed by atoms with van der Waals surface area (Å²) in [6.45, 7) is 6.23. The Morgan fingerprint density at radius 2 is 1.71 bits per heavy atom. The van der Waals surface area contributed by atoms with Crippen LogP contribution in [-0.2, 0) is 14.4 Å². The molecule has 0 aliphatic rings. The minimum atomic E-state index is -0.862. The van der Waals surface area contributed by atoms with Gasteiger partial charge in [0.15, 0.2) is 0 Å². The van der Waals surface area contributed by atoms with Crippen molar-refractivity contribution in [2.45, 2.75) is 52.9 Å². The van der Waals surface area contributed by atoms with E-state index >= 15 is 0 Å². The summed E-state index contributed by atoms with van der Waals surface area (Å²) in [5, 5.41) is 14.5. The number of aliphatic carboxylic acids is 1. The summed E-state index contributed by atoms with van der Waals surface area (Å²) in [6.07, 6.45) is 3.41. The molecule has 2 amide bonds. The molecule has 0 saturated carbocycles. The first-order chi connectivity index (χ1) is 9.82. The van der Waals surface area contributed by atoms with Gasteiger partial charge in [0.05, 0.1) is 5.92 Å². The molecule has 0 aliphatic carbocycles. The fourth-order valence-electron chi connectivity index (χ4n) is 2.02. The van der Waals surface area contributed by atoms with Crippen LogP contribution in [0.1, 0.15) is 52.9 Å². The van der Waals surface area contributed by atoms with Gasteiger partial charge in [0.25, 0.3) is 0 Å². The van der Waals surface area contributed by atoms with Crippen molar-refractivity contribution in [3.05, 3.63) is 0 Å². The Balaban J connectivity index is 3.73. The molecular weight excluding hydrogens is 272 g/mol. The minimum Gasteiger partial charge on any atom is -0.481 e. The summed E-state index contributed by atoms with van der Waals surface area (Å²) in [5.74, 6) is -1.24. The number of hydrogen-bond acceptors (Lipinski definition) is 3. The Kier molecular flexibility index (Phi) is 10.3. The lowest BCUT2D eigenvalue weighted by molar-refractivity contribution is -0.142. The predicted molar refractivity (Wildman–Crippen MR) is 80.7 cm³/mol. The molecule has 0 aromatic carbocycles. The van der Waals surface area contributed by atoms with E-state index in [4.69, 9.17) is 5.11 Å². The van der Waals surface area contributed by atoms with Gasteiger partial charge in [-0.25, -0.2) is 0 Å². The van der Waals surface area contributed by atoms with E-state index in [2.05, 4.69) is 10.6 Å². The maximum atomic E-state index is 11.6. The maximum Gasteiger partial charge on any atom is 0.308 e. The first-order valence-electron chi connectivity index (χ1n) is 7.56. The average Bonchev–Trinajstić information content (AvgIpc) is 2.37. The van der Waals surface area contributed by atoms with Crippen molar-refractivity contribution in [3.8, 4) is 0 Å². The number of carboxylic acids is 1. The van der Waals surface area contributed by atoms with Crippen LogP contribution in [0.4, 0.5) is 0 Å². The van der Waals surface area contributed by atoms with E-state index < -0.39 is 11.9 Å². The second-order valence-electron chi connectivity index (χ2n) is 5.76. The first kappa shape index (κ1) is 19.4. The lowest BCUT2D eigenvalue weighted by Gasteiger charge is -2.15. The van der Waals surface area contributed by atoms with Gasteiger partial charge in [0.1, 0.15) is 0 Å². The molecule has 0 saturated heterocycles. The fourth-order valence-corrected chi connectivity index (χ4v) is 2.02. The van der Waals surface area contributed by atoms with E-state index in [1.165, 1.54) is 6.92 Å². The van der Waals surface area contributed by atoms with Crippen LogP contribution in [0.3, 0.4) is 0 Å². The quantitative estimate of drug-likeness (QED) is 0.504. The van der Waals surface area contributed by atoms with Crippen LogP contribution in [0.5, 0.6) is 0 Å². The van der Waals surface area contributed by atoms with Gasteiger partial charge in [-0.1, -0.05) is 20.3 Å². The third-order valence-electron chi connectivity index (χ3n) is 3.11. The summed E-state index contributed by atoms with van der Waals surface area (Å²) < 4.78 is 0. The van der Waals surface area contributed by atoms with E-state index in [0.717, 1.165) is 19.3 Å². The van der Waals surface area contributed by atoms with Crippen molar-refractivity contribution in [2.24, 2.45) is 11.8 Å². The topological polar surface area (TPSA) is 95.5 Å². The van der Waals surface area contributed by atoms with Crippen LogP contribution in [-0.4, -0.2) is 36.0 Å². The Bertz CT molecular complexity index is 343. The van der Waals surface area contributed by atoms with E-state index in [1.54, 1.807) is 0 Å². The molecule has 1 unspecified atom stereocenters.